The van der Waals surface area contributed by atoms with Crippen molar-refractivity contribution < 1.29 is 9.21 Å². The molecule has 1 amide bonds. The molecule has 0 spiro atoms. The number of hydrogen-bond donors (Lipinski definition) is 0. The maximum absolute atomic E-state index is 12.2. The summed E-state index contributed by atoms with van der Waals surface area (Å²) in [5.41, 5.74) is 2.03. The molecule has 2 atom stereocenters. The van der Waals surface area contributed by atoms with Gasteiger partial charge in [0.05, 0.1) is 11.9 Å². The van der Waals surface area contributed by atoms with Gasteiger partial charge in [-0.25, -0.2) is 0 Å². The summed E-state index contributed by atoms with van der Waals surface area (Å²) in [5, 5.41) is 8.15. The Morgan fingerprint density at radius 2 is 2.04 bits per heavy atom. The molecule has 1 saturated carbocycles. The second kappa shape index (κ2) is 5.19. The molecule has 23 heavy (non-hydrogen) atoms. The van der Waals surface area contributed by atoms with Crippen LogP contribution in [0.1, 0.15) is 36.3 Å². The number of hydrogen-bond acceptors (Lipinski definition) is 4. The van der Waals surface area contributed by atoms with Crippen LogP contribution >= 0.6 is 0 Å². The predicted molar refractivity (Wildman–Crippen MR) is 89.2 cm³/mol. The summed E-state index contributed by atoms with van der Waals surface area (Å²) >= 11 is 0. The quantitative estimate of drug-likeness (QED) is 0.646. The van der Waals surface area contributed by atoms with Crippen LogP contribution in [0.25, 0.3) is 0 Å². The van der Waals surface area contributed by atoms with E-state index in [1.165, 1.54) is 6.42 Å². The van der Waals surface area contributed by atoms with Crippen LogP contribution in [0.3, 0.4) is 0 Å². The monoisotopic (exact) mass is 307 g/mol. The van der Waals surface area contributed by atoms with Gasteiger partial charge in [0, 0.05) is 18.5 Å². The normalized spacial score (nSPS) is 24.7. The largest absolute Gasteiger partial charge is 0.460 e. The highest BCUT2D eigenvalue weighted by atomic mass is 16.3. The number of likely N-dealkylation sites (N-methyl/N-ethyl adjacent to an activating group) is 1. The van der Waals surface area contributed by atoms with E-state index in [2.05, 4.69) is 17.1 Å². The van der Waals surface area contributed by atoms with Gasteiger partial charge in [-0.1, -0.05) is 25.1 Å². The standard InChI is InChI=1S/C18H17N3O2/c1-11-9-14(11)16-8-7-12(23-16)10-19-20-17-13-5-3-4-6-15(13)21(2)18(17)22/h3-8,10-11,14H,9H2,1-2H3/b19-10-,20-17+/t11-,14-/m0/s1. The summed E-state index contributed by atoms with van der Waals surface area (Å²) < 4.78 is 5.75. The third-order valence-electron chi connectivity index (χ3n) is 4.49. The first kappa shape index (κ1) is 13.9. The van der Waals surface area contributed by atoms with Crippen LogP contribution in [0.5, 0.6) is 0 Å². The topological polar surface area (TPSA) is 58.2 Å². The molecule has 1 aliphatic carbocycles. The number of benzene rings is 1. The van der Waals surface area contributed by atoms with Crippen molar-refractivity contribution in [2.75, 3.05) is 11.9 Å². The first-order chi connectivity index (χ1) is 11.1. The van der Waals surface area contributed by atoms with Crippen LogP contribution in [0.4, 0.5) is 5.69 Å². The molecule has 1 fully saturated rings. The predicted octanol–water partition coefficient (Wildman–Crippen LogP) is 3.20. The SMILES string of the molecule is C[C@H]1C[C@@H]1c1ccc(/C=N\N=C2\C(=O)N(C)c3ccccc32)o1. The van der Waals surface area contributed by atoms with Crippen molar-refractivity contribution in [3.8, 4) is 0 Å². The van der Waals surface area contributed by atoms with Crippen molar-refractivity contribution >= 4 is 23.5 Å². The molecule has 0 unspecified atom stereocenters. The molecule has 4 rings (SSSR count). The van der Waals surface area contributed by atoms with Crippen LogP contribution in [-0.4, -0.2) is 24.9 Å². The fourth-order valence-corrected chi connectivity index (χ4v) is 2.95. The van der Waals surface area contributed by atoms with E-state index in [4.69, 9.17) is 4.42 Å². The number of nitrogens with zero attached hydrogens (tertiary/aromatic N) is 3. The fraction of sp³-hybridized carbons (Fsp3) is 0.278. The molecule has 1 aliphatic heterocycles. The summed E-state index contributed by atoms with van der Waals surface area (Å²) in [4.78, 5) is 13.8. The third kappa shape index (κ3) is 2.38. The first-order valence-corrected chi connectivity index (χ1v) is 7.73. The van der Waals surface area contributed by atoms with E-state index in [-0.39, 0.29) is 5.91 Å². The first-order valence-electron chi connectivity index (χ1n) is 7.73. The maximum atomic E-state index is 12.2. The lowest BCUT2D eigenvalue weighted by Gasteiger charge is -2.07. The Kier molecular flexibility index (Phi) is 3.15. The zero-order valence-electron chi connectivity index (χ0n) is 13.1. The van der Waals surface area contributed by atoms with E-state index in [1.54, 1.807) is 18.2 Å². The summed E-state index contributed by atoms with van der Waals surface area (Å²) in [6, 6.07) is 11.4. The number of para-hydroxylation sites is 1. The van der Waals surface area contributed by atoms with E-state index in [0.29, 0.717) is 23.3 Å². The van der Waals surface area contributed by atoms with Gasteiger partial charge in [-0.3, -0.25) is 4.79 Å². The zero-order chi connectivity index (χ0) is 16.0. The molecular formula is C18H17N3O2. The minimum atomic E-state index is -0.143. The number of rotatable bonds is 3. The minimum Gasteiger partial charge on any atom is -0.460 e. The Balaban J connectivity index is 1.56. The van der Waals surface area contributed by atoms with Crippen molar-refractivity contribution in [1.82, 2.24) is 0 Å². The smallest absolute Gasteiger partial charge is 0.279 e. The molecule has 2 aliphatic rings. The highest BCUT2D eigenvalue weighted by molar-refractivity contribution is 6.54. The molecule has 116 valence electrons. The van der Waals surface area contributed by atoms with Crippen molar-refractivity contribution in [1.29, 1.82) is 0 Å². The van der Waals surface area contributed by atoms with Crippen LogP contribution in [0, 0.1) is 5.92 Å². The van der Waals surface area contributed by atoms with Crippen molar-refractivity contribution in [2.24, 2.45) is 16.1 Å². The van der Waals surface area contributed by atoms with E-state index in [9.17, 15) is 4.79 Å². The Labute approximate surface area is 134 Å². The molecule has 2 heterocycles. The van der Waals surface area contributed by atoms with Gasteiger partial charge in [-0.15, -0.1) is 5.10 Å². The number of carbonyl (C=O) groups excluding carboxylic acids is 1. The van der Waals surface area contributed by atoms with Crippen LogP contribution in [0.15, 0.2) is 51.0 Å². The van der Waals surface area contributed by atoms with Crippen molar-refractivity contribution in [2.45, 2.75) is 19.3 Å². The van der Waals surface area contributed by atoms with Gasteiger partial charge in [0.2, 0.25) is 0 Å². The van der Waals surface area contributed by atoms with Crippen LogP contribution in [0.2, 0.25) is 0 Å². The van der Waals surface area contributed by atoms with Gasteiger partial charge in [0.25, 0.3) is 5.91 Å². The second-order valence-electron chi connectivity index (χ2n) is 6.13. The summed E-state index contributed by atoms with van der Waals surface area (Å²) in [6.45, 7) is 2.21. The van der Waals surface area contributed by atoms with Crippen molar-refractivity contribution in [3.63, 3.8) is 0 Å². The van der Waals surface area contributed by atoms with Crippen LogP contribution < -0.4 is 4.90 Å². The van der Waals surface area contributed by atoms with E-state index in [0.717, 1.165) is 17.0 Å². The highest BCUT2D eigenvalue weighted by Gasteiger charge is 2.36. The Bertz CT molecular complexity index is 834. The van der Waals surface area contributed by atoms with E-state index >= 15 is 0 Å². The summed E-state index contributed by atoms with van der Waals surface area (Å²) in [6.07, 6.45) is 2.74. The fourth-order valence-electron chi connectivity index (χ4n) is 2.95. The Morgan fingerprint density at radius 1 is 1.26 bits per heavy atom. The molecular weight excluding hydrogens is 290 g/mol. The average Bonchev–Trinajstić information content (AvgIpc) is 3.02. The molecule has 5 heteroatoms. The molecule has 1 aromatic carbocycles. The van der Waals surface area contributed by atoms with Gasteiger partial charge in [0.1, 0.15) is 11.5 Å². The number of furan rings is 1. The van der Waals surface area contributed by atoms with Gasteiger partial charge in [0.15, 0.2) is 5.71 Å². The highest BCUT2D eigenvalue weighted by Crippen LogP contribution is 2.47. The lowest BCUT2D eigenvalue weighted by molar-refractivity contribution is -0.111. The second-order valence-corrected chi connectivity index (χ2v) is 6.13. The van der Waals surface area contributed by atoms with Gasteiger partial charge >= 0.3 is 0 Å². The molecule has 1 aromatic heterocycles. The molecule has 0 radical (unpaired) electrons. The Hall–Kier alpha value is -2.69. The molecule has 0 saturated heterocycles. The van der Waals surface area contributed by atoms with Gasteiger partial charge < -0.3 is 9.32 Å². The molecule has 2 aromatic rings. The third-order valence-corrected chi connectivity index (χ3v) is 4.49. The van der Waals surface area contributed by atoms with E-state index in [1.807, 2.05) is 36.4 Å². The lowest BCUT2D eigenvalue weighted by atomic mass is 10.1. The zero-order valence-corrected chi connectivity index (χ0v) is 13.1. The average molecular weight is 307 g/mol. The minimum absolute atomic E-state index is 0.143. The number of fused-ring (bicyclic) bond motifs is 1. The van der Waals surface area contributed by atoms with Crippen molar-refractivity contribution in [3.05, 3.63) is 53.5 Å². The Morgan fingerprint density at radius 3 is 2.83 bits per heavy atom. The number of amides is 1. The van der Waals surface area contributed by atoms with Gasteiger partial charge in [-0.05, 0) is 30.5 Å². The maximum Gasteiger partial charge on any atom is 0.279 e. The van der Waals surface area contributed by atoms with E-state index < -0.39 is 0 Å². The molecule has 5 nitrogen and oxygen atoms in total. The lowest BCUT2D eigenvalue weighted by Crippen LogP contribution is -2.25. The summed E-state index contributed by atoms with van der Waals surface area (Å²) in [7, 11) is 1.74. The number of carbonyl (C=O) groups is 1. The number of anilines is 1. The molecule has 0 N–H and O–H groups in total. The molecule has 0 bridgehead atoms. The van der Waals surface area contributed by atoms with Crippen LogP contribution in [-0.2, 0) is 4.79 Å². The van der Waals surface area contributed by atoms with Gasteiger partial charge in [-0.2, -0.15) is 5.10 Å². The summed E-state index contributed by atoms with van der Waals surface area (Å²) in [5.74, 6) is 2.77.